The zero-order chi connectivity index (χ0) is 22.1. The Balaban J connectivity index is 1.99. The molecule has 1 aliphatic heterocycles. The van der Waals surface area contributed by atoms with E-state index < -0.39 is 35.1 Å². The number of amides is 1. The molecule has 1 N–H and O–H groups in total. The molecule has 0 aliphatic carbocycles. The largest absolute Gasteiger partial charge is 0.507 e. The van der Waals surface area contributed by atoms with Crippen molar-refractivity contribution in [3.63, 3.8) is 0 Å². The van der Waals surface area contributed by atoms with Gasteiger partial charge in [0, 0.05) is 11.9 Å². The third-order valence-corrected chi connectivity index (χ3v) is 4.92. The molecule has 2 heterocycles. The average molecular weight is 422 g/mol. The van der Waals surface area contributed by atoms with E-state index in [2.05, 4.69) is 4.98 Å². The van der Waals surface area contributed by atoms with Crippen LogP contribution in [0.4, 0.5) is 14.5 Å². The van der Waals surface area contributed by atoms with E-state index in [9.17, 15) is 23.5 Å². The van der Waals surface area contributed by atoms with Gasteiger partial charge in [-0.1, -0.05) is 12.1 Å². The SMILES string of the molecule is COc1ccc(F)cc1/C(O)=C1\C(=O)C(=O)N(c2cccc(F)c2)C1c1ccccn1. The van der Waals surface area contributed by atoms with Gasteiger partial charge in [-0.15, -0.1) is 0 Å². The molecule has 6 nitrogen and oxygen atoms in total. The Labute approximate surface area is 176 Å². The summed E-state index contributed by atoms with van der Waals surface area (Å²) in [6, 6.07) is 12.3. The molecule has 1 saturated heterocycles. The summed E-state index contributed by atoms with van der Waals surface area (Å²) >= 11 is 0. The molecule has 0 spiro atoms. The van der Waals surface area contributed by atoms with Gasteiger partial charge in [-0.2, -0.15) is 0 Å². The summed E-state index contributed by atoms with van der Waals surface area (Å²) in [4.78, 5) is 31.2. The second kappa shape index (κ2) is 7.98. The third-order valence-electron chi connectivity index (χ3n) is 4.92. The van der Waals surface area contributed by atoms with Gasteiger partial charge in [0.2, 0.25) is 0 Å². The van der Waals surface area contributed by atoms with E-state index in [1.807, 2.05) is 0 Å². The highest BCUT2D eigenvalue weighted by Gasteiger charge is 2.48. The zero-order valence-electron chi connectivity index (χ0n) is 16.3. The van der Waals surface area contributed by atoms with E-state index in [-0.39, 0.29) is 28.3 Å². The standard InChI is InChI=1S/C23H16F2N2O4/c1-31-18-9-8-14(25)12-16(18)21(28)19-20(17-7-2-3-10-26-17)27(23(30)22(19)29)15-6-4-5-13(24)11-15/h2-12,20,28H,1H3/b21-19+. The number of methoxy groups -OCH3 is 1. The number of aliphatic hydroxyl groups excluding tert-OH is 1. The lowest BCUT2D eigenvalue weighted by Gasteiger charge is -2.24. The van der Waals surface area contributed by atoms with Crippen LogP contribution < -0.4 is 9.64 Å². The van der Waals surface area contributed by atoms with Crippen molar-refractivity contribution in [3.05, 3.63) is 95.3 Å². The lowest BCUT2D eigenvalue weighted by Crippen LogP contribution is -2.29. The highest BCUT2D eigenvalue weighted by molar-refractivity contribution is 6.51. The third kappa shape index (κ3) is 3.52. The second-order valence-corrected chi connectivity index (χ2v) is 6.75. The first kappa shape index (κ1) is 20.2. The van der Waals surface area contributed by atoms with Crippen LogP contribution in [0.2, 0.25) is 0 Å². The lowest BCUT2D eigenvalue weighted by atomic mass is 9.97. The van der Waals surface area contributed by atoms with Gasteiger partial charge in [0.1, 0.15) is 29.2 Å². The number of aromatic nitrogens is 1. The maximum Gasteiger partial charge on any atom is 0.300 e. The van der Waals surface area contributed by atoms with Crippen molar-refractivity contribution in [1.82, 2.24) is 4.98 Å². The van der Waals surface area contributed by atoms with E-state index in [1.165, 1.54) is 37.6 Å². The predicted octanol–water partition coefficient (Wildman–Crippen LogP) is 3.99. The summed E-state index contributed by atoms with van der Waals surface area (Å²) < 4.78 is 33.0. The smallest absolute Gasteiger partial charge is 0.300 e. The van der Waals surface area contributed by atoms with Gasteiger partial charge in [0.25, 0.3) is 11.7 Å². The van der Waals surface area contributed by atoms with Crippen molar-refractivity contribution >= 4 is 23.1 Å². The fourth-order valence-electron chi connectivity index (χ4n) is 3.55. The van der Waals surface area contributed by atoms with E-state index in [0.29, 0.717) is 0 Å². The van der Waals surface area contributed by atoms with Gasteiger partial charge < -0.3 is 9.84 Å². The van der Waals surface area contributed by atoms with Crippen LogP contribution >= 0.6 is 0 Å². The molecule has 0 saturated carbocycles. The summed E-state index contributed by atoms with van der Waals surface area (Å²) in [7, 11) is 1.32. The van der Waals surface area contributed by atoms with E-state index in [1.54, 1.807) is 18.2 Å². The summed E-state index contributed by atoms with van der Waals surface area (Å²) in [6.07, 6.45) is 1.46. The summed E-state index contributed by atoms with van der Waals surface area (Å²) in [6.45, 7) is 0. The maximum absolute atomic E-state index is 13.9. The number of hydrogen-bond acceptors (Lipinski definition) is 5. The Bertz CT molecular complexity index is 1210. The monoisotopic (exact) mass is 422 g/mol. The molecule has 1 aromatic heterocycles. The lowest BCUT2D eigenvalue weighted by molar-refractivity contribution is -0.132. The number of aliphatic hydroxyl groups is 1. The highest BCUT2D eigenvalue weighted by Crippen LogP contribution is 2.42. The van der Waals surface area contributed by atoms with Crippen molar-refractivity contribution < 1.29 is 28.2 Å². The molecule has 0 radical (unpaired) electrons. The molecule has 156 valence electrons. The fraction of sp³-hybridized carbons (Fsp3) is 0.0870. The molecule has 1 unspecified atom stereocenters. The van der Waals surface area contributed by atoms with Crippen LogP contribution in [0.25, 0.3) is 5.76 Å². The van der Waals surface area contributed by atoms with Crippen molar-refractivity contribution in [2.24, 2.45) is 0 Å². The number of nitrogens with zero attached hydrogens (tertiary/aromatic N) is 2. The van der Waals surface area contributed by atoms with Gasteiger partial charge in [0.05, 0.1) is 23.9 Å². The number of benzene rings is 2. The number of pyridine rings is 1. The normalized spacial score (nSPS) is 17.8. The van der Waals surface area contributed by atoms with Crippen LogP contribution in [0.5, 0.6) is 5.75 Å². The highest BCUT2D eigenvalue weighted by atomic mass is 19.1. The molecular weight excluding hydrogens is 406 g/mol. The minimum absolute atomic E-state index is 0.0966. The van der Waals surface area contributed by atoms with Crippen LogP contribution in [-0.4, -0.2) is 28.9 Å². The molecule has 3 aromatic rings. The van der Waals surface area contributed by atoms with Crippen molar-refractivity contribution in [2.75, 3.05) is 12.0 Å². The van der Waals surface area contributed by atoms with E-state index in [0.717, 1.165) is 23.1 Å². The van der Waals surface area contributed by atoms with Gasteiger partial charge in [0.15, 0.2) is 0 Å². The van der Waals surface area contributed by atoms with Gasteiger partial charge >= 0.3 is 0 Å². The van der Waals surface area contributed by atoms with E-state index in [4.69, 9.17) is 4.74 Å². The molecule has 2 aromatic carbocycles. The molecule has 4 rings (SSSR count). The molecule has 1 aliphatic rings. The first-order chi connectivity index (χ1) is 14.9. The maximum atomic E-state index is 13.9. The average Bonchev–Trinajstić information content (AvgIpc) is 3.04. The Morgan fingerprint density at radius 1 is 1.03 bits per heavy atom. The minimum Gasteiger partial charge on any atom is -0.507 e. The Hall–Kier alpha value is -4.07. The number of hydrogen-bond donors (Lipinski definition) is 1. The van der Waals surface area contributed by atoms with Gasteiger partial charge in [-0.05, 0) is 48.5 Å². The minimum atomic E-state index is -1.16. The number of halogens is 2. The van der Waals surface area contributed by atoms with Crippen molar-refractivity contribution in [3.8, 4) is 5.75 Å². The molecule has 1 atom stereocenters. The van der Waals surface area contributed by atoms with Gasteiger partial charge in [-0.25, -0.2) is 8.78 Å². The summed E-state index contributed by atoms with van der Waals surface area (Å²) in [5.74, 6) is -3.77. The first-order valence-corrected chi connectivity index (χ1v) is 9.23. The number of Topliss-reactive ketones (excluding diaryl/α,β-unsaturated/α-hetero) is 1. The fourth-order valence-corrected chi connectivity index (χ4v) is 3.55. The zero-order valence-corrected chi connectivity index (χ0v) is 16.3. The number of carbonyl (C=O) groups is 2. The number of ketones is 1. The second-order valence-electron chi connectivity index (χ2n) is 6.75. The number of ether oxygens (including phenoxy) is 1. The van der Waals surface area contributed by atoms with Crippen LogP contribution in [0.3, 0.4) is 0 Å². The Morgan fingerprint density at radius 3 is 2.48 bits per heavy atom. The predicted molar refractivity (Wildman–Crippen MR) is 108 cm³/mol. The Morgan fingerprint density at radius 2 is 1.81 bits per heavy atom. The van der Waals surface area contributed by atoms with Crippen LogP contribution in [0.15, 0.2) is 72.4 Å². The van der Waals surface area contributed by atoms with Crippen molar-refractivity contribution in [2.45, 2.75) is 6.04 Å². The number of anilines is 1. The van der Waals surface area contributed by atoms with Crippen LogP contribution in [0.1, 0.15) is 17.3 Å². The Kier molecular flexibility index (Phi) is 5.21. The quantitative estimate of drug-likeness (QED) is 0.391. The molecule has 0 bridgehead atoms. The topological polar surface area (TPSA) is 79.7 Å². The first-order valence-electron chi connectivity index (χ1n) is 9.23. The molecular formula is C23H16F2N2O4. The molecule has 1 fully saturated rings. The van der Waals surface area contributed by atoms with Crippen LogP contribution in [-0.2, 0) is 9.59 Å². The van der Waals surface area contributed by atoms with Gasteiger partial charge in [-0.3, -0.25) is 19.5 Å². The molecule has 1 amide bonds. The van der Waals surface area contributed by atoms with E-state index >= 15 is 0 Å². The summed E-state index contributed by atoms with van der Waals surface area (Å²) in [5, 5.41) is 11.0. The number of carbonyl (C=O) groups excluding carboxylic acids is 2. The number of rotatable bonds is 4. The van der Waals surface area contributed by atoms with Crippen LogP contribution in [0, 0.1) is 11.6 Å². The van der Waals surface area contributed by atoms with Crippen molar-refractivity contribution in [1.29, 1.82) is 0 Å². The molecule has 8 heteroatoms. The summed E-state index contributed by atoms with van der Waals surface area (Å²) in [5.41, 5.74) is -0.0246. The molecule has 31 heavy (non-hydrogen) atoms.